The topological polar surface area (TPSA) is 81.9 Å². The van der Waals surface area contributed by atoms with Gasteiger partial charge in [0.1, 0.15) is 17.3 Å². The van der Waals surface area contributed by atoms with Crippen LogP contribution in [-0.2, 0) is 4.74 Å². The van der Waals surface area contributed by atoms with Crippen LogP contribution in [0.4, 0.5) is 13.2 Å². The van der Waals surface area contributed by atoms with Gasteiger partial charge in [-0.3, -0.25) is 0 Å². The van der Waals surface area contributed by atoms with E-state index in [1.165, 1.54) is 26.8 Å². The minimum atomic E-state index is -1.79. The van der Waals surface area contributed by atoms with Gasteiger partial charge in [0.25, 0.3) is 5.95 Å². The molecule has 102 valence electrons. The molecule has 0 aliphatic heterocycles. The standard InChI is InChI=1S/C11H10F3N3O2.K/c1-11(2,3)19-9(18)5(4-15)7-6(12)8(13)17-10(14)16-7;/h18H,1-3H3;/q;+1/p-1/b9-5+;. The predicted octanol–water partition coefficient (Wildman–Crippen LogP) is -1.73. The van der Waals surface area contributed by atoms with Crippen molar-refractivity contribution in [3.8, 4) is 6.07 Å². The molecular weight excluding hydrogens is 302 g/mol. The van der Waals surface area contributed by atoms with Crippen molar-refractivity contribution in [2.24, 2.45) is 0 Å². The van der Waals surface area contributed by atoms with Gasteiger partial charge in [-0.2, -0.15) is 28.4 Å². The van der Waals surface area contributed by atoms with Crippen molar-refractivity contribution in [3.63, 3.8) is 0 Å². The van der Waals surface area contributed by atoms with E-state index in [-0.39, 0.29) is 51.4 Å². The molecule has 1 aromatic heterocycles. The molecule has 1 aromatic rings. The summed E-state index contributed by atoms with van der Waals surface area (Å²) >= 11 is 0. The van der Waals surface area contributed by atoms with E-state index in [4.69, 9.17) is 10.00 Å². The van der Waals surface area contributed by atoms with Crippen molar-refractivity contribution in [1.82, 2.24) is 9.97 Å². The number of allylic oxidation sites excluding steroid dienone is 1. The van der Waals surface area contributed by atoms with Crippen molar-refractivity contribution in [2.75, 3.05) is 0 Å². The molecule has 20 heavy (non-hydrogen) atoms. The maximum Gasteiger partial charge on any atom is 1.00 e. The Labute approximate surface area is 155 Å². The largest absolute Gasteiger partial charge is 1.00 e. The molecular formula is C11H9F3KN3O2. The van der Waals surface area contributed by atoms with Gasteiger partial charge in [0.2, 0.25) is 5.82 Å². The number of aromatic nitrogens is 2. The summed E-state index contributed by atoms with van der Waals surface area (Å²) in [7, 11) is 0. The molecule has 9 heteroatoms. The Morgan fingerprint density at radius 1 is 1.25 bits per heavy atom. The third kappa shape index (κ3) is 5.03. The molecule has 0 N–H and O–H groups in total. The van der Waals surface area contributed by atoms with Crippen LogP contribution >= 0.6 is 0 Å². The van der Waals surface area contributed by atoms with E-state index in [1.54, 1.807) is 0 Å². The average Bonchev–Trinajstić information content (AvgIpc) is 2.23. The van der Waals surface area contributed by atoms with Crippen LogP contribution in [0.15, 0.2) is 5.95 Å². The second kappa shape index (κ2) is 7.37. The Morgan fingerprint density at radius 2 is 1.80 bits per heavy atom. The van der Waals surface area contributed by atoms with Crippen LogP contribution in [0.1, 0.15) is 26.5 Å². The summed E-state index contributed by atoms with van der Waals surface area (Å²) < 4.78 is 43.9. The van der Waals surface area contributed by atoms with Gasteiger partial charge in [0.15, 0.2) is 0 Å². The van der Waals surface area contributed by atoms with Crippen LogP contribution in [0.25, 0.3) is 5.57 Å². The van der Waals surface area contributed by atoms with Crippen molar-refractivity contribution in [1.29, 1.82) is 5.26 Å². The molecule has 0 aliphatic rings. The second-order valence-corrected chi connectivity index (χ2v) is 4.43. The van der Waals surface area contributed by atoms with Crippen LogP contribution in [-0.4, -0.2) is 15.6 Å². The Morgan fingerprint density at radius 3 is 2.25 bits per heavy atom. The van der Waals surface area contributed by atoms with Crippen molar-refractivity contribution in [2.45, 2.75) is 26.4 Å². The number of nitrogens with zero attached hydrogens (tertiary/aromatic N) is 3. The first-order valence-corrected chi connectivity index (χ1v) is 5.05. The molecule has 0 amide bonds. The molecule has 0 saturated heterocycles. The molecule has 0 saturated carbocycles. The minimum Gasteiger partial charge on any atom is -0.607 e. The van der Waals surface area contributed by atoms with Crippen LogP contribution in [0, 0.1) is 29.2 Å². The van der Waals surface area contributed by atoms with Gasteiger partial charge in [-0.15, -0.1) is 0 Å². The summed E-state index contributed by atoms with van der Waals surface area (Å²) in [5, 5.41) is 20.4. The summed E-state index contributed by atoms with van der Waals surface area (Å²) in [4.78, 5) is 5.39. The van der Waals surface area contributed by atoms with Crippen molar-refractivity contribution in [3.05, 3.63) is 29.5 Å². The maximum atomic E-state index is 13.4. The molecule has 0 unspecified atom stereocenters. The molecule has 1 rings (SSSR count). The molecule has 0 radical (unpaired) electrons. The number of hydrogen-bond donors (Lipinski definition) is 0. The molecule has 5 nitrogen and oxygen atoms in total. The van der Waals surface area contributed by atoms with E-state index in [2.05, 4.69) is 9.97 Å². The van der Waals surface area contributed by atoms with Gasteiger partial charge in [-0.25, -0.2) is 0 Å². The first-order chi connectivity index (χ1) is 8.65. The second-order valence-electron chi connectivity index (χ2n) is 4.43. The number of ether oxygens (including phenoxy) is 1. The smallest absolute Gasteiger partial charge is 0.607 e. The minimum absolute atomic E-state index is 0. The Kier molecular flexibility index (Phi) is 7.13. The summed E-state index contributed by atoms with van der Waals surface area (Å²) in [6.07, 6.45) is -1.59. The zero-order valence-corrected chi connectivity index (χ0v) is 14.4. The SMILES string of the molecule is CC(C)(C)O/C([O-])=C(\C#N)c1nc(F)nc(F)c1F.[K+]. The van der Waals surface area contributed by atoms with Gasteiger partial charge >= 0.3 is 57.5 Å². The number of rotatable bonds is 2. The molecule has 0 aliphatic carbocycles. The Hall–Kier alpha value is -0.664. The fourth-order valence-corrected chi connectivity index (χ4v) is 1.08. The normalized spacial score (nSPS) is 12.1. The number of hydrogen-bond acceptors (Lipinski definition) is 5. The van der Waals surface area contributed by atoms with Crippen molar-refractivity contribution >= 4 is 5.57 Å². The van der Waals surface area contributed by atoms with E-state index >= 15 is 0 Å². The molecule has 1 heterocycles. The molecule has 0 bridgehead atoms. The number of halogens is 3. The molecule has 0 aromatic carbocycles. The zero-order valence-electron chi connectivity index (χ0n) is 11.3. The van der Waals surface area contributed by atoms with E-state index in [0.29, 0.717) is 0 Å². The maximum absolute atomic E-state index is 13.4. The van der Waals surface area contributed by atoms with Crippen LogP contribution in [0.3, 0.4) is 0 Å². The quantitative estimate of drug-likeness (QED) is 0.213. The first kappa shape index (κ1) is 19.3. The van der Waals surface area contributed by atoms with Gasteiger partial charge in [-0.1, -0.05) is 20.8 Å². The van der Waals surface area contributed by atoms with E-state index in [0.717, 1.165) is 0 Å². The van der Waals surface area contributed by atoms with E-state index in [1.807, 2.05) is 0 Å². The zero-order chi connectivity index (χ0) is 14.8. The fraction of sp³-hybridized carbons (Fsp3) is 0.364. The van der Waals surface area contributed by atoms with Crippen molar-refractivity contribution < 1.29 is 74.4 Å². The molecule has 0 atom stereocenters. The average molecular weight is 311 g/mol. The van der Waals surface area contributed by atoms with Gasteiger partial charge in [-0.05, 0) is 0 Å². The van der Waals surface area contributed by atoms with Crippen LogP contribution in [0.2, 0.25) is 0 Å². The summed E-state index contributed by atoms with van der Waals surface area (Å²) in [6, 6.07) is 1.31. The summed E-state index contributed by atoms with van der Waals surface area (Å²) in [6.45, 7) is 4.53. The monoisotopic (exact) mass is 311 g/mol. The third-order valence-corrected chi connectivity index (χ3v) is 1.74. The van der Waals surface area contributed by atoms with Gasteiger partial charge in [0.05, 0.1) is 5.95 Å². The van der Waals surface area contributed by atoms with E-state index in [9.17, 15) is 18.3 Å². The van der Waals surface area contributed by atoms with Crippen LogP contribution in [0.5, 0.6) is 0 Å². The predicted molar refractivity (Wildman–Crippen MR) is 55.3 cm³/mol. The van der Waals surface area contributed by atoms with Gasteiger partial charge in [0, 0.05) is 5.60 Å². The summed E-state index contributed by atoms with van der Waals surface area (Å²) in [5.41, 5.74) is -2.96. The third-order valence-electron chi connectivity index (χ3n) is 1.74. The Balaban J connectivity index is 0.00000361. The molecule has 0 fully saturated rings. The summed E-state index contributed by atoms with van der Waals surface area (Å²) in [5.74, 6) is -4.71. The van der Waals surface area contributed by atoms with Gasteiger partial charge < -0.3 is 9.84 Å². The number of nitriles is 1. The Bertz CT molecular complexity index is 580. The molecule has 0 spiro atoms. The van der Waals surface area contributed by atoms with E-state index < -0.39 is 40.7 Å². The first-order valence-electron chi connectivity index (χ1n) is 5.05. The van der Waals surface area contributed by atoms with Crippen LogP contribution < -0.4 is 56.5 Å². The fourth-order valence-electron chi connectivity index (χ4n) is 1.08.